The van der Waals surface area contributed by atoms with Crippen molar-refractivity contribution in [2.75, 3.05) is 5.73 Å². The number of hydrogen-bond donors (Lipinski definition) is 2. The highest BCUT2D eigenvalue weighted by Crippen LogP contribution is 2.31. The summed E-state index contributed by atoms with van der Waals surface area (Å²) in [6.07, 6.45) is 7.06. The van der Waals surface area contributed by atoms with Crippen LogP contribution in [0.15, 0.2) is 77.9 Å². The fourth-order valence-electron chi connectivity index (χ4n) is 4.73. The van der Waals surface area contributed by atoms with Crippen molar-refractivity contribution in [2.24, 2.45) is 0 Å². The highest BCUT2D eigenvalue weighted by atomic mass is 16.3. The molecule has 3 aromatic carbocycles. The van der Waals surface area contributed by atoms with E-state index in [0.29, 0.717) is 50.1 Å². The number of nitrogens with two attached hydrogens (primary N) is 1. The van der Waals surface area contributed by atoms with Gasteiger partial charge in [-0.3, -0.25) is 9.36 Å². The zero-order valence-corrected chi connectivity index (χ0v) is 21.0. The Bertz CT molecular complexity index is 2080. The maximum Gasteiger partial charge on any atom is 0.263 e. The van der Waals surface area contributed by atoms with Crippen LogP contribution in [-0.2, 0) is 13.1 Å². The molecule has 0 spiro atoms. The van der Waals surface area contributed by atoms with Crippen LogP contribution in [0.1, 0.15) is 22.5 Å². The number of terminal acetylenes is 1. The molecule has 40 heavy (non-hydrogen) atoms. The average molecular weight is 525 g/mol. The Morgan fingerprint density at radius 2 is 1.80 bits per heavy atom. The summed E-state index contributed by atoms with van der Waals surface area (Å²) in [6.45, 7) is 0.237. The summed E-state index contributed by atoms with van der Waals surface area (Å²) < 4.78 is 3.16. The van der Waals surface area contributed by atoms with E-state index in [-0.39, 0.29) is 30.2 Å². The number of nitrogen functional groups attached to an aromatic ring is 1. The Kier molecular flexibility index (Phi) is 5.91. The van der Waals surface area contributed by atoms with E-state index in [4.69, 9.17) is 22.2 Å². The number of aromatic hydroxyl groups is 1. The van der Waals surface area contributed by atoms with Crippen LogP contribution in [-0.4, -0.2) is 34.4 Å². The Hall–Kier alpha value is -6.00. The van der Waals surface area contributed by atoms with E-state index >= 15 is 0 Å². The number of phenolic OH excluding ortho intramolecular Hbond substituents is 1. The van der Waals surface area contributed by atoms with E-state index in [1.54, 1.807) is 65.3 Å². The number of aromatic nitrogens is 6. The van der Waals surface area contributed by atoms with Gasteiger partial charge in [0.25, 0.3) is 5.56 Å². The van der Waals surface area contributed by atoms with Gasteiger partial charge in [-0.2, -0.15) is 10.4 Å². The molecule has 3 aromatic heterocycles. The second kappa shape index (κ2) is 9.71. The lowest BCUT2D eigenvalue weighted by atomic mass is 10.1. The smallest absolute Gasteiger partial charge is 0.263 e. The predicted octanol–water partition coefficient (Wildman–Crippen LogP) is 3.44. The van der Waals surface area contributed by atoms with Crippen LogP contribution in [0.4, 0.5) is 5.82 Å². The van der Waals surface area contributed by atoms with Crippen molar-refractivity contribution in [3.8, 4) is 35.4 Å². The van der Waals surface area contributed by atoms with Crippen molar-refractivity contribution in [1.29, 1.82) is 5.26 Å². The molecule has 0 atom stereocenters. The Morgan fingerprint density at radius 3 is 2.58 bits per heavy atom. The monoisotopic (exact) mass is 524 g/mol. The van der Waals surface area contributed by atoms with Gasteiger partial charge >= 0.3 is 0 Å². The maximum absolute atomic E-state index is 13.9. The van der Waals surface area contributed by atoms with Crippen LogP contribution in [0.25, 0.3) is 33.2 Å². The van der Waals surface area contributed by atoms with Crippen LogP contribution < -0.4 is 11.3 Å². The zero-order chi connectivity index (χ0) is 27.8. The fraction of sp³-hybridized carbons (Fsp3) is 0.0667. The third kappa shape index (κ3) is 4.16. The van der Waals surface area contributed by atoms with Gasteiger partial charge < -0.3 is 10.8 Å². The van der Waals surface area contributed by atoms with Crippen molar-refractivity contribution in [3.63, 3.8) is 0 Å². The van der Waals surface area contributed by atoms with Gasteiger partial charge in [-0.15, -0.1) is 6.42 Å². The fourth-order valence-corrected chi connectivity index (χ4v) is 4.73. The van der Waals surface area contributed by atoms with E-state index in [2.05, 4.69) is 22.0 Å². The minimum Gasteiger partial charge on any atom is -0.508 e. The number of nitriles is 1. The molecule has 3 heterocycles. The summed E-state index contributed by atoms with van der Waals surface area (Å²) in [5, 5.41) is 24.8. The molecule has 0 radical (unpaired) electrons. The van der Waals surface area contributed by atoms with Crippen molar-refractivity contribution in [2.45, 2.75) is 13.1 Å². The van der Waals surface area contributed by atoms with E-state index in [1.807, 2.05) is 6.07 Å². The highest BCUT2D eigenvalue weighted by Gasteiger charge is 2.20. The molecule has 0 bridgehead atoms. The molecule has 0 unspecified atom stereocenters. The van der Waals surface area contributed by atoms with Gasteiger partial charge in [0.1, 0.15) is 36.0 Å². The molecule has 10 heteroatoms. The lowest BCUT2D eigenvalue weighted by Gasteiger charge is -2.15. The largest absolute Gasteiger partial charge is 0.508 e. The predicted molar refractivity (Wildman–Crippen MR) is 150 cm³/mol. The number of rotatable bonds is 5. The number of hydrogen-bond acceptors (Lipinski definition) is 8. The summed E-state index contributed by atoms with van der Waals surface area (Å²) >= 11 is 0. The molecule has 6 aromatic rings. The summed E-state index contributed by atoms with van der Waals surface area (Å²) in [7, 11) is 0. The number of fused-ring (bicyclic) bond motifs is 2. The van der Waals surface area contributed by atoms with E-state index in [0.717, 1.165) is 5.56 Å². The number of benzene rings is 3. The normalized spacial score (nSPS) is 10.9. The van der Waals surface area contributed by atoms with Gasteiger partial charge in [0.2, 0.25) is 0 Å². The summed E-state index contributed by atoms with van der Waals surface area (Å²) in [5.74, 6) is 3.36. The van der Waals surface area contributed by atoms with E-state index in [9.17, 15) is 15.2 Å². The SMILES string of the molecule is C#Cc1cccc2nc(Cn3nc(-c4ccc(O)cc4)c4c(N)ncnc43)n(Cc3cccc(C#N)c3)c(=O)c12. The Morgan fingerprint density at radius 1 is 1.00 bits per heavy atom. The van der Waals surface area contributed by atoms with Crippen LogP contribution in [0, 0.1) is 23.7 Å². The standard InChI is InChI=1S/C30H20N8O2/c1-2-20-7-4-8-23-25(20)30(40)37(15-19-6-3-5-18(13-19)14-31)24(35-23)16-38-29-26(28(32)33-17-34-29)27(36-38)21-9-11-22(39)12-10-21/h1,3-13,17,39H,15-16H2,(H2,32,33,34). The van der Waals surface area contributed by atoms with Gasteiger partial charge in [0.05, 0.1) is 34.5 Å². The van der Waals surface area contributed by atoms with Crippen LogP contribution in [0.3, 0.4) is 0 Å². The van der Waals surface area contributed by atoms with Crippen molar-refractivity contribution >= 4 is 27.8 Å². The lowest BCUT2D eigenvalue weighted by molar-refractivity contribution is 0.475. The van der Waals surface area contributed by atoms with Gasteiger partial charge in [0, 0.05) is 11.1 Å². The quantitative estimate of drug-likeness (QED) is 0.326. The minimum absolute atomic E-state index is 0.0778. The molecule has 0 aliphatic heterocycles. The van der Waals surface area contributed by atoms with Gasteiger partial charge in [-0.1, -0.05) is 24.1 Å². The van der Waals surface area contributed by atoms with Gasteiger partial charge in [0.15, 0.2) is 5.65 Å². The first-order valence-corrected chi connectivity index (χ1v) is 12.2. The Labute approximate surface area is 227 Å². The lowest BCUT2D eigenvalue weighted by Crippen LogP contribution is -2.28. The second-order valence-electron chi connectivity index (χ2n) is 9.09. The van der Waals surface area contributed by atoms with Crippen molar-refractivity contribution in [1.82, 2.24) is 29.3 Å². The molecule has 0 saturated carbocycles. The molecule has 0 fully saturated rings. The number of phenols is 1. The first-order chi connectivity index (χ1) is 19.5. The van der Waals surface area contributed by atoms with E-state index < -0.39 is 0 Å². The molecule has 192 valence electrons. The third-order valence-corrected chi connectivity index (χ3v) is 6.61. The molecule has 0 saturated heterocycles. The molecular weight excluding hydrogens is 504 g/mol. The highest BCUT2D eigenvalue weighted by molar-refractivity contribution is 5.98. The maximum atomic E-state index is 13.9. The van der Waals surface area contributed by atoms with Crippen molar-refractivity contribution in [3.05, 3.63) is 106 Å². The molecule has 3 N–H and O–H groups in total. The topological polar surface area (TPSA) is 149 Å². The Balaban J connectivity index is 1.56. The summed E-state index contributed by atoms with van der Waals surface area (Å²) in [4.78, 5) is 27.3. The summed E-state index contributed by atoms with van der Waals surface area (Å²) in [5.41, 5.74) is 9.78. The number of nitrogens with zero attached hydrogens (tertiary/aromatic N) is 7. The van der Waals surface area contributed by atoms with Crippen LogP contribution >= 0.6 is 0 Å². The molecule has 0 amide bonds. The van der Waals surface area contributed by atoms with Crippen LogP contribution in [0.5, 0.6) is 5.75 Å². The second-order valence-corrected chi connectivity index (χ2v) is 9.09. The molecule has 6 rings (SSSR count). The molecule has 10 nitrogen and oxygen atoms in total. The van der Waals surface area contributed by atoms with E-state index in [1.165, 1.54) is 10.9 Å². The molecule has 0 aliphatic carbocycles. The average Bonchev–Trinajstić information content (AvgIpc) is 3.34. The minimum atomic E-state index is -0.305. The van der Waals surface area contributed by atoms with Crippen molar-refractivity contribution < 1.29 is 5.11 Å². The first-order valence-electron chi connectivity index (χ1n) is 12.2. The summed E-state index contributed by atoms with van der Waals surface area (Å²) in [6, 6.07) is 20.9. The number of anilines is 1. The third-order valence-electron chi connectivity index (χ3n) is 6.61. The van der Waals surface area contributed by atoms with Gasteiger partial charge in [-0.25, -0.2) is 19.6 Å². The molecule has 0 aliphatic rings. The zero-order valence-electron chi connectivity index (χ0n) is 21.0. The molecular formula is C30H20N8O2. The van der Waals surface area contributed by atoms with Crippen LogP contribution in [0.2, 0.25) is 0 Å². The first kappa shape index (κ1) is 24.3. The van der Waals surface area contributed by atoms with Gasteiger partial charge in [-0.05, 0) is 54.1 Å².